The van der Waals surface area contributed by atoms with Crippen molar-refractivity contribution in [3.8, 4) is 0 Å². The predicted molar refractivity (Wildman–Crippen MR) is 88.1 cm³/mol. The van der Waals surface area contributed by atoms with E-state index in [-0.39, 0.29) is 5.69 Å². The lowest BCUT2D eigenvalue weighted by Gasteiger charge is -2.36. The average Bonchev–Trinajstić information content (AvgIpc) is 2.62. The van der Waals surface area contributed by atoms with Crippen molar-refractivity contribution >= 4 is 23.2 Å². The highest BCUT2D eigenvalue weighted by Crippen LogP contribution is 2.21. The number of anilines is 2. The first-order valence-corrected chi connectivity index (χ1v) is 7.41. The summed E-state index contributed by atoms with van der Waals surface area (Å²) in [6, 6.07) is 6.43. The van der Waals surface area contributed by atoms with Gasteiger partial charge in [-0.1, -0.05) is 0 Å². The molecule has 2 aromatic heterocycles. The summed E-state index contributed by atoms with van der Waals surface area (Å²) in [4.78, 5) is 34.2. The van der Waals surface area contributed by atoms with E-state index in [1.54, 1.807) is 24.4 Å². The average molecular weight is 328 g/mol. The van der Waals surface area contributed by atoms with Crippen LogP contribution in [0.2, 0.25) is 0 Å². The van der Waals surface area contributed by atoms with Crippen LogP contribution in [0.3, 0.4) is 0 Å². The van der Waals surface area contributed by atoms with E-state index >= 15 is 0 Å². The molecule has 2 N–H and O–H groups in total. The summed E-state index contributed by atoms with van der Waals surface area (Å²) < 4.78 is 0. The SMILES string of the molecule is NC(=O)c1cccnc1N1CCN(c2ccc([N+](=O)[O-])cn2)CC1. The Morgan fingerprint density at radius 1 is 1.12 bits per heavy atom. The zero-order chi connectivity index (χ0) is 17.1. The van der Waals surface area contributed by atoms with Crippen molar-refractivity contribution in [2.45, 2.75) is 0 Å². The fourth-order valence-electron chi connectivity index (χ4n) is 2.66. The fourth-order valence-corrected chi connectivity index (χ4v) is 2.66. The van der Waals surface area contributed by atoms with Crippen molar-refractivity contribution in [1.29, 1.82) is 0 Å². The standard InChI is InChI=1S/C15H16N6O3/c16-14(22)12-2-1-5-17-15(12)20-8-6-19(7-9-20)13-4-3-11(10-18-13)21(23)24/h1-5,10H,6-9H2,(H2,16,22). The lowest BCUT2D eigenvalue weighted by atomic mass is 10.2. The number of nitrogens with zero attached hydrogens (tertiary/aromatic N) is 5. The maximum atomic E-state index is 11.5. The van der Waals surface area contributed by atoms with Crippen molar-refractivity contribution in [2.24, 2.45) is 5.73 Å². The molecule has 1 aliphatic rings. The van der Waals surface area contributed by atoms with E-state index in [4.69, 9.17) is 5.73 Å². The van der Waals surface area contributed by atoms with E-state index in [1.807, 2.05) is 9.80 Å². The molecule has 9 heteroatoms. The molecule has 0 aromatic carbocycles. The minimum absolute atomic E-state index is 0.0306. The number of rotatable bonds is 4. The van der Waals surface area contributed by atoms with Crippen molar-refractivity contribution in [3.05, 3.63) is 52.3 Å². The molecule has 9 nitrogen and oxygen atoms in total. The third-order valence-electron chi connectivity index (χ3n) is 3.90. The summed E-state index contributed by atoms with van der Waals surface area (Å²) in [6.07, 6.45) is 2.89. The number of pyridine rings is 2. The van der Waals surface area contributed by atoms with Crippen molar-refractivity contribution in [3.63, 3.8) is 0 Å². The number of nitrogens with two attached hydrogens (primary N) is 1. The largest absolute Gasteiger partial charge is 0.365 e. The number of primary amides is 1. The van der Waals surface area contributed by atoms with Crippen LogP contribution in [-0.2, 0) is 0 Å². The second-order valence-electron chi connectivity index (χ2n) is 5.34. The van der Waals surface area contributed by atoms with Gasteiger partial charge in [-0.15, -0.1) is 0 Å². The maximum Gasteiger partial charge on any atom is 0.287 e. The highest BCUT2D eigenvalue weighted by molar-refractivity contribution is 5.97. The smallest absolute Gasteiger partial charge is 0.287 e. The van der Waals surface area contributed by atoms with Crippen molar-refractivity contribution < 1.29 is 9.72 Å². The topological polar surface area (TPSA) is 118 Å². The zero-order valence-electron chi connectivity index (χ0n) is 12.8. The maximum absolute atomic E-state index is 11.5. The van der Waals surface area contributed by atoms with Crippen molar-refractivity contribution in [1.82, 2.24) is 9.97 Å². The van der Waals surface area contributed by atoms with Crippen LogP contribution in [0.25, 0.3) is 0 Å². The van der Waals surface area contributed by atoms with Crippen molar-refractivity contribution in [2.75, 3.05) is 36.0 Å². The van der Waals surface area contributed by atoms with Gasteiger partial charge in [0.25, 0.3) is 11.6 Å². The molecule has 3 heterocycles. The lowest BCUT2D eigenvalue weighted by molar-refractivity contribution is -0.385. The monoisotopic (exact) mass is 328 g/mol. The molecule has 0 radical (unpaired) electrons. The number of piperazine rings is 1. The van der Waals surface area contributed by atoms with E-state index in [0.717, 1.165) is 0 Å². The molecule has 24 heavy (non-hydrogen) atoms. The van der Waals surface area contributed by atoms with Gasteiger partial charge in [0, 0.05) is 38.4 Å². The van der Waals surface area contributed by atoms with E-state index in [1.165, 1.54) is 12.3 Å². The Bertz CT molecular complexity index is 756. The molecule has 3 rings (SSSR count). The molecule has 0 unspecified atom stereocenters. The van der Waals surface area contributed by atoms with Crippen LogP contribution in [0, 0.1) is 10.1 Å². The summed E-state index contributed by atoms with van der Waals surface area (Å²) in [6.45, 7) is 2.63. The minimum atomic E-state index is -0.502. The molecule has 1 saturated heterocycles. The fraction of sp³-hybridized carbons (Fsp3) is 0.267. The Morgan fingerprint density at radius 3 is 2.42 bits per heavy atom. The van der Waals surface area contributed by atoms with Gasteiger partial charge in [-0.2, -0.15) is 0 Å². The zero-order valence-corrected chi connectivity index (χ0v) is 12.8. The number of carbonyl (C=O) groups is 1. The quantitative estimate of drug-likeness (QED) is 0.651. The van der Waals surface area contributed by atoms with Gasteiger partial charge in [-0.3, -0.25) is 14.9 Å². The first-order valence-electron chi connectivity index (χ1n) is 7.41. The van der Waals surface area contributed by atoms with Gasteiger partial charge in [0.05, 0.1) is 10.5 Å². The molecule has 124 valence electrons. The van der Waals surface area contributed by atoms with Gasteiger partial charge >= 0.3 is 0 Å². The van der Waals surface area contributed by atoms with Gasteiger partial charge < -0.3 is 15.5 Å². The number of nitro groups is 1. The molecule has 1 amide bonds. The Morgan fingerprint density at radius 2 is 1.83 bits per heavy atom. The number of hydrogen-bond acceptors (Lipinski definition) is 7. The van der Waals surface area contributed by atoms with E-state index in [9.17, 15) is 14.9 Å². The summed E-state index contributed by atoms with van der Waals surface area (Å²) in [5.41, 5.74) is 5.77. The summed E-state index contributed by atoms with van der Waals surface area (Å²) >= 11 is 0. The highest BCUT2D eigenvalue weighted by atomic mass is 16.6. The second kappa shape index (κ2) is 6.49. The van der Waals surface area contributed by atoms with Crippen LogP contribution in [0.4, 0.5) is 17.3 Å². The molecule has 0 spiro atoms. The second-order valence-corrected chi connectivity index (χ2v) is 5.34. The third kappa shape index (κ3) is 3.09. The third-order valence-corrected chi connectivity index (χ3v) is 3.90. The Kier molecular flexibility index (Phi) is 4.23. The van der Waals surface area contributed by atoms with E-state index < -0.39 is 10.8 Å². The molecular formula is C15H16N6O3. The van der Waals surface area contributed by atoms with Crippen LogP contribution in [0.5, 0.6) is 0 Å². The molecule has 0 bridgehead atoms. The molecule has 1 fully saturated rings. The van der Waals surface area contributed by atoms with Gasteiger partial charge in [0.2, 0.25) is 0 Å². The molecule has 2 aromatic rings. The van der Waals surface area contributed by atoms with Crippen LogP contribution < -0.4 is 15.5 Å². The van der Waals surface area contributed by atoms with Gasteiger partial charge in [0.1, 0.15) is 17.8 Å². The molecule has 0 aliphatic carbocycles. The highest BCUT2D eigenvalue weighted by Gasteiger charge is 2.22. The number of amides is 1. The predicted octanol–water partition coefficient (Wildman–Crippen LogP) is 0.810. The van der Waals surface area contributed by atoms with Crippen LogP contribution in [0.15, 0.2) is 36.7 Å². The number of carbonyl (C=O) groups excluding carboxylic acids is 1. The number of aromatic nitrogens is 2. The van der Waals surface area contributed by atoms with Gasteiger partial charge in [0.15, 0.2) is 0 Å². The Hall–Kier alpha value is -3.23. The van der Waals surface area contributed by atoms with Crippen LogP contribution in [-0.4, -0.2) is 47.0 Å². The molecule has 0 atom stereocenters. The lowest BCUT2D eigenvalue weighted by Crippen LogP contribution is -2.47. The first-order chi connectivity index (χ1) is 11.6. The Labute approximate surface area is 137 Å². The van der Waals surface area contributed by atoms with Gasteiger partial charge in [-0.05, 0) is 18.2 Å². The summed E-state index contributed by atoms with van der Waals surface area (Å²) in [7, 11) is 0. The van der Waals surface area contributed by atoms with E-state index in [2.05, 4.69) is 9.97 Å². The molecule has 0 saturated carbocycles. The summed E-state index contributed by atoms with van der Waals surface area (Å²) in [5, 5.41) is 10.7. The molecular weight excluding hydrogens is 312 g/mol. The number of hydrogen-bond donors (Lipinski definition) is 1. The van der Waals surface area contributed by atoms with Gasteiger partial charge in [-0.25, -0.2) is 9.97 Å². The Balaban J connectivity index is 1.70. The van der Waals surface area contributed by atoms with Crippen LogP contribution >= 0.6 is 0 Å². The molecule has 1 aliphatic heterocycles. The van der Waals surface area contributed by atoms with Crippen LogP contribution in [0.1, 0.15) is 10.4 Å². The van der Waals surface area contributed by atoms with E-state index in [0.29, 0.717) is 43.4 Å². The first kappa shape index (κ1) is 15.7. The normalized spacial score (nSPS) is 14.5. The minimum Gasteiger partial charge on any atom is -0.365 e. The summed E-state index contributed by atoms with van der Waals surface area (Å²) in [5.74, 6) is 0.773.